The zero-order chi connectivity index (χ0) is 13.0. The van der Waals surface area contributed by atoms with E-state index in [0.29, 0.717) is 12.1 Å². The zero-order valence-electron chi connectivity index (χ0n) is 9.44. The maximum Gasteiger partial charge on any atom is 0.251 e. The second kappa shape index (κ2) is 5.99. The van der Waals surface area contributed by atoms with Gasteiger partial charge in [0.05, 0.1) is 10.3 Å². The lowest BCUT2D eigenvalue weighted by molar-refractivity contribution is 0.0951. The van der Waals surface area contributed by atoms with Crippen LogP contribution in [-0.2, 0) is 6.54 Å². The fraction of sp³-hybridized carbons (Fsp3) is 0.0833. The molecule has 0 spiro atoms. The highest BCUT2D eigenvalue weighted by Crippen LogP contribution is 2.21. The lowest BCUT2D eigenvalue weighted by Crippen LogP contribution is -2.22. The predicted molar refractivity (Wildman–Crippen MR) is 77.4 cm³/mol. The Balaban J connectivity index is 1.94. The summed E-state index contributed by atoms with van der Waals surface area (Å²) < 4.78 is 1.06. The minimum absolute atomic E-state index is 0.0944. The van der Waals surface area contributed by atoms with Gasteiger partial charge in [-0.2, -0.15) is 0 Å². The van der Waals surface area contributed by atoms with Crippen molar-refractivity contribution in [3.63, 3.8) is 0 Å². The maximum atomic E-state index is 11.9. The van der Waals surface area contributed by atoms with Crippen molar-refractivity contribution in [3.8, 4) is 0 Å². The van der Waals surface area contributed by atoms with Crippen LogP contribution in [0.5, 0.6) is 0 Å². The van der Waals surface area contributed by atoms with Crippen molar-refractivity contribution in [2.75, 3.05) is 5.43 Å². The molecular formula is C12H12BrN3OS. The maximum absolute atomic E-state index is 11.9. The van der Waals surface area contributed by atoms with Gasteiger partial charge in [0.1, 0.15) is 0 Å². The molecule has 1 amide bonds. The molecule has 4 nitrogen and oxygen atoms in total. The number of nitrogen functional groups attached to an aromatic ring is 1. The molecule has 1 heterocycles. The highest BCUT2D eigenvalue weighted by atomic mass is 79.9. The summed E-state index contributed by atoms with van der Waals surface area (Å²) in [6, 6.07) is 10.9. The quantitative estimate of drug-likeness (QED) is 0.598. The van der Waals surface area contributed by atoms with Gasteiger partial charge in [0.15, 0.2) is 0 Å². The van der Waals surface area contributed by atoms with Crippen molar-refractivity contribution in [1.82, 2.24) is 5.32 Å². The van der Waals surface area contributed by atoms with Crippen molar-refractivity contribution in [2.45, 2.75) is 6.54 Å². The number of carbonyl (C=O) groups excluding carboxylic acids is 1. The van der Waals surface area contributed by atoms with Gasteiger partial charge in [-0.05, 0) is 52.3 Å². The normalized spacial score (nSPS) is 10.1. The average molecular weight is 326 g/mol. The van der Waals surface area contributed by atoms with Gasteiger partial charge in [-0.3, -0.25) is 10.6 Å². The summed E-state index contributed by atoms with van der Waals surface area (Å²) in [5, 5.41) is 2.87. The molecule has 2 rings (SSSR count). The summed E-state index contributed by atoms with van der Waals surface area (Å²) in [6.45, 7) is 0.534. The van der Waals surface area contributed by atoms with Gasteiger partial charge in [-0.15, -0.1) is 11.3 Å². The van der Waals surface area contributed by atoms with Crippen LogP contribution >= 0.6 is 27.3 Å². The molecule has 1 aromatic carbocycles. The van der Waals surface area contributed by atoms with Crippen LogP contribution < -0.4 is 16.6 Å². The third-order valence-electron chi connectivity index (χ3n) is 2.37. The number of halogens is 1. The lowest BCUT2D eigenvalue weighted by atomic mass is 10.2. The molecule has 1 aromatic heterocycles. The molecule has 4 N–H and O–H groups in total. The first-order chi connectivity index (χ1) is 8.69. The number of hydrogen-bond acceptors (Lipinski definition) is 4. The van der Waals surface area contributed by atoms with Crippen LogP contribution in [0.25, 0.3) is 0 Å². The first-order valence-corrected chi connectivity index (χ1v) is 6.89. The van der Waals surface area contributed by atoms with Gasteiger partial charge in [0.25, 0.3) is 5.91 Å². The molecule has 0 unspecified atom stereocenters. The summed E-state index contributed by atoms with van der Waals surface area (Å²) in [4.78, 5) is 13.0. The van der Waals surface area contributed by atoms with Crippen molar-refractivity contribution >= 4 is 38.9 Å². The minimum Gasteiger partial charge on any atom is -0.347 e. The Kier molecular flexibility index (Phi) is 4.35. The third kappa shape index (κ3) is 3.32. The number of hydrazine groups is 1. The number of nitrogens with one attached hydrogen (secondary N) is 2. The van der Waals surface area contributed by atoms with E-state index in [0.717, 1.165) is 14.4 Å². The van der Waals surface area contributed by atoms with Crippen molar-refractivity contribution < 1.29 is 4.79 Å². The van der Waals surface area contributed by atoms with Crippen molar-refractivity contribution in [1.29, 1.82) is 0 Å². The Bertz CT molecular complexity index is 539. The molecule has 18 heavy (non-hydrogen) atoms. The van der Waals surface area contributed by atoms with Crippen molar-refractivity contribution in [3.05, 3.63) is 50.6 Å². The molecule has 0 aliphatic heterocycles. The van der Waals surface area contributed by atoms with Crippen LogP contribution in [0, 0.1) is 0 Å². The number of rotatable bonds is 4. The van der Waals surface area contributed by atoms with Crippen LogP contribution in [0.4, 0.5) is 5.69 Å². The summed E-state index contributed by atoms with van der Waals surface area (Å²) in [6.07, 6.45) is 0. The van der Waals surface area contributed by atoms with E-state index in [1.807, 2.05) is 12.1 Å². The molecule has 0 aliphatic rings. The Morgan fingerprint density at radius 3 is 2.50 bits per heavy atom. The largest absolute Gasteiger partial charge is 0.347 e. The molecule has 94 valence electrons. The van der Waals surface area contributed by atoms with E-state index in [1.54, 1.807) is 35.6 Å². The van der Waals surface area contributed by atoms with Crippen LogP contribution in [-0.4, -0.2) is 5.91 Å². The Morgan fingerprint density at radius 2 is 1.94 bits per heavy atom. The topological polar surface area (TPSA) is 67.1 Å². The molecule has 2 aromatic rings. The van der Waals surface area contributed by atoms with Crippen LogP contribution in [0.2, 0.25) is 0 Å². The number of nitrogens with two attached hydrogens (primary N) is 1. The molecule has 0 aliphatic carbocycles. The smallest absolute Gasteiger partial charge is 0.251 e. The fourth-order valence-electron chi connectivity index (χ4n) is 1.43. The average Bonchev–Trinajstić information content (AvgIpc) is 2.82. The van der Waals surface area contributed by atoms with E-state index in [2.05, 4.69) is 26.7 Å². The highest BCUT2D eigenvalue weighted by Gasteiger charge is 2.05. The summed E-state index contributed by atoms with van der Waals surface area (Å²) in [5.74, 6) is 5.17. The van der Waals surface area contributed by atoms with Gasteiger partial charge >= 0.3 is 0 Å². The number of benzene rings is 1. The molecule has 0 bridgehead atoms. The van der Waals surface area contributed by atoms with Crippen LogP contribution in [0.3, 0.4) is 0 Å². The standard InChI is InChI=1S/C12H12BrN3OS/c13-11-6-5-10(18-11)7-15-12(17)8-1-3-9(16-14)4-2-8/h1-6,16H,7,14H2,(H,15,17). The number of hydrogen-bond donors (Lipinski definition) is 3. The molecule has 0 saturated carbocycles. The van der Waals surface area contributed by atoms with Gasteiger partial charge in [0.2, 0.25) is 0 Å². The van der Waals surface area contributed by atoms with E-state index >= 15 is 0 Å². The molecule has 0 saturated heterocycles. The van der Waals surface area contributed by atoms with Gasteiger partial charge < -0.3 is 10.7 Å². The Morgan fingerprint density at radius 1 is 1.22 bits per heavy atom. The number of amides is 1. The third-order valence-corrected chi connectivity index (χ3v) is 3.99. The first-order valence-electron chi connectivity index (χ1n) is 5.28. The molecule has 0 atom stereocenters. The van der Waals surface area contributed by atoms with E-state index < -0.39 is 0 Å². The van der Waals surface area contributed by atoms with Crippen LogP contribution in [0.1, 0.15) is 15.2 Å². The molecule has 0 fully saturated rings. The monoisotopic (exact) mass is 325 g/mol. The lowest BCUT2D eigenvalue weighted by Gasteiger charge is -2.05. The zero-order valence-corrected chi connectivity index (χ0v) is 11.8. The van der Waals surface area contributed by atoms with Gasteiger partial charge in [-0.25, -0.2) is 0 Å². The SMILES string of the molecule is NNc1ccc(C(=O)NCc2ccc(Br)s2)cc1. The summed E-state index contributed by atoms with van der Waals surface area (Å²) in [5.41, 5.74) is 3.91. The second-order valence-corrected chi connectivity index (χ2v) is 6.16. The summed E-state index contributed by atoms with van der Waals surface area (Å²) >= 11 is 4.99. The van der Waals surface area contributed by atoms with Crippen molar-refractivity contribution in [2.24, 2.45) is 5.84 Å². The fourth-order valence-corrected chi connectivity index (χ4v) is 2.86. The molecular weight excluding hydrogens is 314 g/mol. The molecule has 0 radical (unpaired) electrons. The number of carbonyl (C=O) groups is 1. The summed E-state index contributed by atoms with van der Waals surface area (Å²) in [7, 11) is 0. The second-order valence-electron chi connectivity index (χ2n) is 3.61. The number of thiophene rings is 1. The number of anilines is 1. The first kappa shape index (κ1) is 13.1. The van der Waals surface area contributed by atoms with E-state index in [1.165, 1.54) is 0 Å². The highest BCUT2D eigenvalue weighted by molar-refractivity contribution is 9.11. The Hall–Kier alpha value is -1.37. The van der Waals surface area contributed by atoms with Gasteiger partial charge in [-0.1, -0.05) is 0 Å². The van der Waals surface area contributed by atoms with E-state index in [-0.39, 0.29) is 5.91 Å². The van der Waals surface area contributed by atoms with Crippen LogP contribution in [0.15, 0.2) is 40.2 Å². The van der Waals surface area contributed by atoms with Gasteiger partial charge in [0, 0.05) is 16.1 Å². The Labute approximate surface area is 117 Å². The minimum atomic E-state index is -0.0944. The molecule has 6 heteroatoms. The predicted octanol–water partition coefficient (Wildman–Crippen LogP) is 2.73. The van der Waals surface area contributed by atoms with E-state index in [9.17, 15) is 4.79 Å². The van der Waals surface area contributed by atoms with E-state index in [4.69, 9.17) is 5.84 Å².